The fourth-order valence-corrected chi connectivity index (χ4v) is 8.67. The van der Waals surface area contributed by atoms with E-state index in [0.29, 0.717) is 11.8 Å². The average molecular weight is 406 g/mol. The molecule has 0 amide bonds. The molecule has 4 rings (SSSR count). The number of hydrogen-bond donors (Lipinski definition) is 0. The van der Waals surface area contributed by atoms with E-state index in [4.69, 9.17) is 0 Å². The average Bonchev–Trinajstić information content (AvgIpc) is 3.15. The third kappa shape index (κ3) is 3.29. The summed E-state index contributed by atoms with van der Waals surface area (Å²) in [6.45, 7) is 4.66. The van der Waals surface area contributed by atoms with Crippen molar-refractivity contribution in [3.63, 3.8) is 0 Å². The van der Waals surface area contributed by atoms with Crippen molar-refractivity contribution in [1.82, 2.24) is 0 Å². The molecule has 2 unspecified atom stereocenters. The molecular weight excluding hydrogens is 379 g/mol. The van der Waals surface area contributed by atoms with Crippen LogP contribution in [0.15, 0.2) is 55.1 Å². The van der Waals surface area contributed by atoms with Crippen LogP contribution in [-0.4, -0.2) is 0 Å². The van der Waals surface area contributed by atoms with Gasteiger partial charge in [-0.15, -0.1) is 0 Å². The molecule has 2 atom stereocenters. The molecule has 2 aromatic carbocycles. The first-order chi connectivity index (χ1) is 12.3. The molecule has 0 saturated heterocycles. The standard InChI is InChI=1S/2C12H13.Zr/c2*1-2-5-10-8-9-11-6-3-4-7-12(10)11;/h2*3-4,6-7,9-10H,2,5H2,1H3;. The van der Waals surface area contributed by atoms with Gasteiger partial charge in [-0.25, -0.2) is 0 Å². The number of hydrogen-bond acceptors (Lipinski definition) is 0. The molecule has 0 fully saturated rings. The quantitative estimate of drug-likeness (QED) is 0.488. The Balaban J connectivity index is 1.64. The minimum absolute atomic E-state index is 0.694. The van der Waals surface area contributed by atoms with Crippen molar-refractivity contribution in [2.75, 3.05) is 0 Å². The van der Waals surface area contributed by atoms with Gasteiger partial charge in [-0.3, -0.25) is 0 Å². The van der Waals surface area contributed by atoms with Crippen LogP contribution in [0.2, 0.25) is 0 Å². The van der Waals surface area contributed by atoms with Gasteiger partial charge >= 0.3 is 164 Å². The summed E-state index contributed by atoms with van der Waals surface area (Å²) in [5, 5.41) is 0. The van der Waals surface area contributed by atoms with Gasteiger partial charge in [0.25, 0.3) is 0 Å². The predicted octanol–water partition coefficient (Wildman–Crippen LogP) is 6.95. The molecule has 0 saturated carbocycles. The van der Waals surface area contributed by atoms with Gasteiger partial charge < -0.3 is 0 Å². The van der Waals surface area contributed by atoms with E-state index in [0.717, 1.165) is 0 Å². The molecule has 2 aliphatic rings. The second kappa shape index (κ2) is 7.59. The van der Waals surface area contributed by atoms with Gasteiger partial charge in [0.2, 0.25) is 0 Å². The summed E-state index contributed by atoms with van der Waals surface area (Å²) in [7, 11) is 0. The number of benzene rings is 2. The van der Waals surface area contributed by atoms with Crippen LogP contribution >= 0.6 is 0 Å². The zero-order valence-corrected chi connectivity index (χ0v) is 17.7. The van der Waals surface area contributed by atoms with E-state index < -0.39 is 23.2 Å². The molecule has 2 aliphatic carbocycles. The maximum atomic E-state index is 2.55. The van der Waals surface area contributed by atoms with E-state index in [1.807, 2.05) is 0 Å². The maximum absolute atomic E-state index is 2.55. The van der Waals surface area contributed by atoms with E-state index >= 15 is 0 Å². The molecule has 2 aromatic rings. The van der Waals surface area contributed by atoms with Crippen molar-refractivity contribution >= 4 is 12.2 Å². The molecule has 0 heterocycles. The van der Waals surface area contributed by atoms with Gasteiger partial charge in [-0.05, 0) is 0 Å². The SMILES string of the molecule is CCCC1[C]([Zr][C]2=Cc3ccccc3C2CCC)=Cc2ccccc21. The molecule has 1 heteroatoms. The van der Waals surface area contributed by atoms with Crippen molar-refractivity contribution < 1.29 is 23.2 Å². The van der Waals surface area contributed by atoms with Gasteiger partial charge in [0, 0.05) is 0 Å². The number of allylic oxidation sites excluding steroid dienone is 2. The third-order valence-corrected chi connectivity index (χ3v) is 9.40. The second-order valence-corrected chi connectivity index (χ2v) is 10.7. The van der Waals surface area contributed by atoms with Crippen molar-refractivity contribution in [1.29, 1.82) is 0 Å². The van der Waals surface area contributed by atoms with Crippen LogP contribution in [0.5, 0.6) is 0 Å². The predicted molar refractivity (Wildman–Crippen MR) is 104 cm³/mol. The number of rotatable bonds is 6. The van der Waals surface area contributed by atoms with Crippen LogP contribution in [0.4, 0.5) is 0 Å². The Morgan fingerprint density at radius 2 is 1.12 bits per heavy atom. The third-order valence-electron chi connectivity index (χ3n) is 5.56. The van der Waals surface area contributed by atoms with Crippen LogP contribution in [0, 0.1) is 0 Å². The molecule has 0 radical (unpaired) electrons. The Labute approximate surface area is 163 Å². The normalized spacial score (nSPS) is 20.7. The van der Waals surface area contributed by atoms with Gasteiger partial charge in [-0.1, -0.05) is 0 Å². The topological polar surface area (TPSA) is 0 Å². The Bertz CT molecular complexity index is 758. The Hall–Kier alpha value is -1.20. The van der Waals surface area contributed by atoms with E-state index in [9.17, 15) is 0 Å². The first-order valence-corrected chi connectivity index (χ1v) is 12.2. The summed E-state index contributed by atoms with van der Waals surface area (Å²) in [5.41, 5.74) is 6.15. The van der Waals surface area contributed by atoms with Crippen LogP contribution < -0.4 is 0 Å². The minimum atomic E-state index is -0.716. The molecule has 126 valence electrons. The Morgan fingerprint density at radius 1 is 0.680 bits per heavy atom. The first-order valence-electron chi connectivity index (χ1n) is 9.69. The Morgan fingerprint density at radius 3 is 1.56 bits per heavy atom. The fraction of sp³-hybridized carbons (Fsp3) is 0.333. The Kier molecular flexibility index (Phi) is 5.23. The van der Waals surface area contributed by atoms with Crippen molar-refractivity contribution in [2.24, 2.45) is 0 Å². The van der Waals surface area contributed by atoms with Crippen molar-refractivity contribution in [3.05, 3.63) is 77.3 Å². The van der Waals surface area contributed by atoms with Crippen molar-refractivity contribution in [3.8, 4) is 0 Å². The molecule has 0 spiro atoms. The number of fused-ring (bicyclic) bond motifs is 2. The van der Waals surface area contributed by atoms with E-state index in [2.05, 4.69) is 74.5 Å². The van der Waals surface area contributed by atoms with Gasteiger partial charge in [0.15, 0.2) is 0 Å². The summed E-state index contributed by atoms with van der Waals surface area (Å²) >= 11 is -0.716. The van der Waals surface area contributed by atoms with Gasteiger partial charge in [0.05, 0.1) is 0 Å². The van der Waals surface area contributed by atoms with E-state index in [1.165, 1.54) is 36.8 Å². The van der Waals surface area contributed by atoms with Crippen LogP contribution in [0.25, 0.3) is 12.2 Å². The second-order valence-electron chi connectivity index (χ2n) is 7.26. The first kappa shape index (κ1) is 17.2. The molecule has 0 aromatic heterocycles. The molecule has 0 nitrogen and oxygen atoms in total. The zero-order valence-electron chi connectivity index (χ0n) is 15.3. The molecule has 0 N–H and O–H groups in total. The van der Waals surface area contributed by atoms with Crippen LogP contribution in [-0.2, 0) is 23.2 Å². The van der Waals surface area contributed by atoms with Crippen LogP contribution in [0.3, 0.4) is 0 Å². The summed E-state index contributed by atoms with van der Waals surface area (Å²) in [4.78, 5) is 0. The molecule has 25 heavy (non-hydrogen) atoms. The van der Waals surface area contributed by atoms with Gasteiger partial charge in [-0.2, -0.15) is 0 Å². The summed E-state index contributed by atoms with van der Waals surface area (Å²) in [6.07, 6.45) is 10.3. The molecular formula is C24H26Zr. The summed E-state index contributed by atoms with van der Waals surface area (Å²) < 4.78 is 3.60. The monoisotopic (exact) mass is 404 g/mol. The van der Waals surface area contributed by atoms with Gasteiger partial charge in [0.1, 0.15) is 0 Å². The van der Waals surface area contributed by atoms with E-state index in [1.54, 1.807) is 17.7 Å². The summed E-state index contributed by atoms with van der Waals surface area (Å²) in [6, 6.07) is 18.2. The van der Waals surface area contributed by atoms with Crippen molar-refractivity contribution in [2.45, 2.75) is 51.4 Å². The fourth-order valence-electron chi connectivity index (χ4n) is 4.40. The molecule has 0 aliphatic heterocycles. The zero-order chi connectivity index (χ0) is 17.2. The summed E-state index contributed by atoms with van der Waals surface area (Å²) in [5.74, 6) is 1.39. The van der Waals surface area contributed by atoms with Crippen LogP contribution in [0.1, 0.15) is 73.6 Å². The van der Waals surface area contributed by atoms with E-state index in [-0.39, 0.29) is 0 Å². The molecule has 0 bridgehead atoms.